The van der Waals surface area contributed by atoms with Gasteiger partial charge in [-0.1, -0.05) is 28.1 Å². The van der Waals surface area contributed by atoms with Crippen LogP contribution in [0, 0.1) is 0 Å². The van der Waals surface area contributed by atoms with E-state index in [0.717, 1.165) is 46.7 Å². The summed E-state index contributed by atoms with van der Waals surface area (Å²) >= 11 is 3.42. The third-order valence-electron chi connectivity index (χ3n) is 4.90. The molecule has 1 saturated heterocycles. The molecule has 4 rings (SSSR count). The topological polar surface area (TPSA) is 48.0 Å². The van der Waals surface area contributed by atoms with Gasteiger partial charge in [-0.25, -0.2) is 0 Å². The van der Waals surface area contributed by atoms with E-state index in [1.807, 2.05) is 47.4 Å². The third kappa shape index (κ3) is 4.21. The van der Waals surface area contributed by atoms with Crippen LogP contribution >= 0.6 is 15.9 Å². The number of rotatable bonds is 5. The lowest BCUT2D eigenvalue weighted by Crippen LogP contribution is -2.31. The predicted octanol–water partition coefficient (Wildman–Crippen LogP) is 4.35. The highest BCUT2D eigenvalue weighted by Crippen LogP contribution is 2.38. The van der Waals surface area contributed by atoms with E-state index in [1.54, 1.807) is 0 Å². The van der Waals surface area contributed by atoms with E-state index in [-0.39, 0.29) is 11.9 Å². The third-order valence-corrected chi connectivity index (χ3v) is 5.40. The van der Waals surface area contributed by atoms with Gasteiger partial charge in [-0.2, -0.15) is 0 Å². The van der Waals surface area contributed by atoms with Gasteiger partial charge in [-0.3, -0.25) is 4.79 Å². The molecule has 0 aromatic heterocycles. The maximum absolute atomic E-state index is 12.8. The van der Waals surface area contributed by atoms with Crippen LogP contribution in [-0.2, 0) is 4.79 Å². The van der Waals surface area contributed by atoms with Crippen LogP contribution < -0.4 is 14.2 Å². The van der Waals surface area contributed by atoms with Crippen molar-refractivity contribution < 1.29 is 19.0 Å². The molecule has 2 aliphatic rings. The second kappa shape index (κ2) is 8.21. The zero-order valence-electron chi connectivity index (χ0n) is 15.0. The summed E-state index contributed by atoms with van der Waals surface area (Å²) in [6, 6.07) is 13.8. The lowest BCUT2D eigenvalue weighted by atomic mass is 10.0. The van der Waals surface area contributed by atoms with Gasteiger partial charge >= 0.3 is 0 Å². The molecule has 0 bridgehead atoms. The molecule has 0 radical (unpaired) electrons. The molecule has 2 aliphatic heterocycles. The van der Waals surface area contributed by atoms with Gasteiger partial charge in [0.15, 0.2) is 11.5 Å². The van der Waals surface area contributed by atoms with Gasteiger partial charge in [-0.15, -0.1) is 0 Å². The Morgan fingerprint density at radius 3 is 2.85 bits per heavy atom. The first-order chi connectivity index (χ1) is 13.2. The fourth-order valence-corrected chi connectivity index (χ4v) is 4.01. The number of amides is 1. The highest BCUT2D eigenvalue weighted by atomic mass is 79.9. The number of carbonyl (C=O) groups excluding carboxylic acids is 1. The normalized spacial score (nSPS) is 18.4. The molecule has 0 spiro atoms. The van der Waals surface area contributed by atoms with Crippen LogP contribution in [0.15, 0.2) is 46.9 Å². The van der Waals surface area contributed by atoms with Crippen molar-refractivity contribution >= 4 is 21.8 Å². The molecular formula is C21H22BrNO4. The maximum Gasteiger partial charge on any atom is 0.226 e. The first-order valence-corrected chi connectivity index (χ1v) is 10.1. The number of benzene rings is 2. The fraction of sp³-hybridized carbons (Fsp3) is 0.381. The Labute approximate surface area is 167 Å². The molecule has 2 aromatic carbocycles. The van der Waals surface area contributed by atoms with Gasteiger partial charge in [0.1, 0.15) is 19.0 Å². The van der Waals surface area contributed by atoms with Gasteiger partial charge in [0.25, 0.3) is 0 Å². The highest BCUT2D eigenvalue weighted by Gasteiger charge is 2.30. The molecule has 2 heterocycles. The number of hydrogen-bond donors (Lipinski definition) is 0. The average molecular weight is 432 g/mol. The van der Waals surface area contributed by atoms with Crippen molar-refractivity contribution in [2.24, 2.45) is 0 Å². The number of likely N-dealkylation sites (tertiary alicyclic amines) is 1. The summed E-state index contributed by atoms with van der Waals surface area (Å²) in [5, 5.41) is 0. The highest BCUT2D eigenvalue weighted by molar-refractivity contribution is 9.10. The van der Waals surface area contributed by atoms with Crippen molar-refractivity contribution in [2.45, 2.75) is 25.3 Å². The zero-order chi connectivity index (χ0) is 18.6. The number of carbonyl (C=O) groups is 1. The summed E-state index contributed by atoms with van der Waals surface area (Å²) in [4.78, 5) is 14.7. The molecule has 1 atom stereocenters. The van der Waals surface area contributed by atoms with E-state index in [2.05, 4.69) is 15.9 Å². The Morgan fingerprint density at radius 2 is 2.00 bits per heavy atom. The number of halogens is 1. The molecule has 0 saturated carbocycles. The SMILES string of the molecule is O=C(CCOc1cccc(Br)c1)N1CCCC1c1ccc2c(c1)OCCO2. The second-order valence-corrected chi connectivity index (χ2v) is 7.62. The fourth-order valence-electron chi connectivity index (χ4n) is 3.64. The van der Waals surface area contributed by atoms with E-state index in [1.165, 1.54) is 0 Å². The summed E-state index contributed by atoms with van der Waals surface area (Å²) in [6.07, 6.45) is 2.35. The number of nitrogens with zero attached hydrogens (tertiary/aromatic N) is 1. The largest absolute Gasteiger partial charge is 0.493 e. The Bertz CT molecular complexity index is 826. The monoisotopic (exact) mass is 431 g/mol. The van der Waals surface area contributed by atoms with Crippen molar-refractivity contribution in [1.29, 1.82) is 0 Å². The smallest absolute Gasteiger partial charge is 0.226 e. The van der Waals surface area contributed by atoms with Gasteiger partial charge in [0.2, 0.25) is 5.91 Å². The predicted molar refractivity (Wildman–Crippen MR) is 105 cm³/mol. The summed E-state index contributed by atoms with van der Waals surface area (Å²) in [7, 11) is 0. The van der Waals surface area contributed by atoms with Crippen molar-refractivity contribution in [3.05, 3.63) is 52.5 Å². The lowest BCUT2D eigenvalue weighted by molar-refractivity contribution is -0.132. The first kappa shape index (κ1) is 18.2. The maximum atomic E-state index is 12.8. The van der Waals surface area contributed by atoms with E-state index in [9.17, 15) is 4.79 Å². The quantitative estimate of drug-likeness (QED) is 0.705. The molecule has 2 aromatic rings. The Morgan fingerprint density at radius 1 is 1.15 bits per heavy atom. The van der Waals surface area contributed by atoms with Gasteiger partial charge in [0, 0.05) is 11.0 Å². The number of ether oxygens (including phenoxy) is 3. The van der Waals surface area contributed by atoms with Crippen LogP contribution in [-0.4, -0.2) is 37.2 Å². The Kier molecular flexibility index (Phi) is 5.53. The van der Waals surface area contributed by atoms with Crippen molar-refractivity contribution in [3.63, 3.8) is 0 Å². The molecule has 1 fully saturated rings. The van der Waals surface area contributed by atoms with Gasteiger partial charge in [-0.05, 0) is 48.7 Å². The number of hydrogen-bond acceptors (Lipinski definition) is 4. The summed E-state index contributed by atoms with van der Waals surface area (Å²) in [6.45, 7) is 2.31. The van der Waals surface area contributed by atoms with Crippen LogP contribution in [0.1, 0.15) is 30.9 Å². The van der Waals surface area contributed by atoms with E-state index in [4.69, 9.17) is 14.2 Å². The zero-order valence-corrected chi connectivity index (χ0v) is 16.6. The molecule has 5 nitrogen and oxygen atoms in total. The van der Waals surface area contributed by atoms with Crippen LogP contribution in [0.25, 0.3) is 0 Å². The Balaban J connectivity index is 1.38. The average Bonchev–Trinajstić information content (AvgIpc) is 3.17. The summed E-state index contributed by atoms with van der Waals surface area (Å²) in [5.41, 5.74) is 1.11. The minimum atomic E-state index is 0.0965. The van der Waals surface area contributed by atoms with Gasteiger partial charge in [0.05, 0.1) is 19.1 Å². The molecule has 1 amide bonds. The van der Waals surface area contributed by atoms with Crippen LogP contribution in [0.2, 0.25) is 0 Å². The molecule has 0 aliphatic carbocycles. The van der Waals surface area contributed by atoms with Crippen LogP contribution in [0.3, 0.4) is 0 Å². The van der Waals surface area contributed by atoms with Crippen LogP contribution in [0.4, 0.5) is 0 Å². The second-order valence-electron chi connectivity index (χ2n) is 6.70. The van der Waals surface area contributed by atoms with E-state index >= 15 is 0 Å². The van der Waals surface area contributed by atoms with Gasteiger partial charge < -0.3 is 19.1 Å². The Hall–Kier alpha value is -2.21. The van der Waals surface area contributed by atoms with Crippen molar-refractivity contribution in [3.8, 4) is 17.2 Å². The first-order valence-electron chi connectivity index (χ1n) is 9.28. The molecule has 6 heteroatoms. The van der Waals surface area contributed by atoms with Crippen molar-refractivity contribution in [1.82, 2.24) is 4.90 Å². The minimum absolute atomic E-state index is 0.0965. The van der Waals surface area contributed by atoms with E-state index in [0.29, 0.717) is 26.2 Å². The minimum Gasteiger partial charge on any atom is -0.493 e. The number of fused-ring (bicyclic) bond motifs is 1. The standard InChI is InChI=1S/C21H22BrNO4/c22-16-3-1-4-17(14-16)25-10-8-21(24)23-9-2-5-18(23)15-6-7-19-20(13-15)27-12-11-26-19/h1,3-4,6-7,13-14,18H,2,5,8-12H2. The summed E-state index contributed by atoms with van der Waals surface area (Å²) in [5.74, 6) is 2.45. The van der Waals surface area contributed by atoms with E-state index < -0.39 is 0 Å². The molecule has 1 unspecified atom stereocenters. The van der Waals surface area contributed by atoms with Crippen molar-refractivity contribution in [2.75, 3.05) is 26.4 Å². The molecule has 142 valence electrons. The summed E-state index contributed by atoms with van der Waals surface area (Å²) < 4.78 is 18.0. The lowest BCUT2D eigenvalue weighted by Gasteiger charge is -2.27. The molecule has 0 N–H and O–H groups in total. The van der Waals surface area contributed by atoms with Crippen LogP contribution in [0.5, 0.6) is 17.2 Å². The molecular weight excluding hydrogens is 410 g/mol. The molecule has 27 heavy (non-hydrogen) atoms.